The minimum atomic E-state index is -0.464. The molecule has 0 spiro atoms. The van der Waals surface area contributed by atoms with E-state index in [4.69, 9.17) is 0 Å². The second-order valence-corrected chi connectivity index (χ2v) is 6.86. The van der Waals surface area contributed by atoms with Crippen LogP contribution in [0.25, 0.3) is 11.4 Å². The summed E-state index contributed by atoms with van der Waals surface area (Å²) >= 11 is 1.32. The number of nitrogens with zero attached hydrogens (tertiary/aromatic N) is 4. The number of hydrogen-bond donors (Lipinski definition) is 0. The van der Waals surface area contributed by atoms with Crippen LogP contribution in [0.4, 0.5) is 10.1 Å². The number of non-ortho nitro benzene ring substituents is 1. The molecule has 0 saturated carbocycles. The third-order valence-corrected chi connectivity index (χ3v) is 5.18. The van der Waals surface area contributed by atoms with E-state index in [1.54, 1.807) is 24.3 Å². The van der Waals surface area contributed by atoms with E-state index in [1.807, 2.05) is 0 Å². The number of nitro benzene ring substituents is 1. The van der Waals surface area contributed by atoms with Gasteiger partial charge in [0.2, 0.25) is 0 Å². The zero-order valence-electron chi connectivity index (χ0n) is 13.2. The Morgan fingerprint density at radius 2 is 2.00 bits per heavy atom. The van der Waals surface area contributed by atoms with Crippen LogP contribution in [0.5, 0.6) is 0 Å². The van der Waals surface area contributed by atoms with E-state index in [9.17, 15) is 19.3 Å². The van der Waals surface area contributed by atoms with Gasteiger partial charge in [0.25, 0.3) is 11.6 Å². The molecular formula is C17H11FN4O3S. The molecule has 1 aliphatic rings. The van der Waals surface area contributed by atoms with Gasteiger partial charge in [0.05, 0.1) is 4.92 Å². The highest BCUT2D eigenvalue weighted by Crippen LogP contribution is 2.42. The summed E-state index contributed by atoms with van der Waals surface area (Å²) in [5.74, 6) is -0.273. The number of carbonyl (C=O) groups excluding carboxylic acids is 1. The molecule has 7 nitrogen and oxygen atoms in total. The maximum Gasteiger partial charge on any atom is 0.269 e. The number of halogens is 1. The first kappa shape index (κ1) is 16.4. The van der Waals surface area contributed by atoms with Crippen LogP contribution in [0, 0.1) is 15.9 Å². The molecule has 26 heavy (non-hydrogen) atoms. The number of thioether (sulfide) groups is 1. The van der Waals surface area contributed by atoms with Crippen molar-refractivity contribution in [1.82, 2.24) is 14.8 Å². The summed E-state index contributed by atoms with van der Waals surface area (Å²) in [5.41, 5.74) is 1.28. The standard InChI is InChI=1S/C17H11FN4O3S/c18-12-6-4-10(5-7-12)16-19-17-21(20-16)15(23)9-14(26-17)11-2-1-3-13(8-11)22(24)25/h1-8,14H,9H2. The predicted molar refractivity (Wildman–Crippen MR) is 92.4 cm³/mol. The Morgan fingerprint density at radius 3 is 2.73 bits per heavy atom. The van der Waals surface area contributed by atoms with Gasteiger partial charge in [-0.25, -0.2) is 9.37 Å². The van der Waals surface area contributed by atoms with Crippen LogP contribution in [0.15, 0.2) is 53.7 Å². The van der Waals surface area contributed by atoms with Gasteiger partial charge in [-0.3, -0.25) is 14.9 Å². The summed E-state index contributed by atoms with van der Waals surface area (Å²) in [6, 6.07) is 11.9. The molecule has 0 aliphatic carbocycles. The van der Waals surface area contributed by atoms with Crippen LogP contribution in [0.3, 0.4) is 0 Å². The summed E-state index contributed by atoms with van der Waals surface area (Å²) in [7, 11) is 0. The fourth-order valence-electron chi connectivity index (χ4n) is 2.70. The summed E-state index contributed by atoms with van der Waals surface area (Å²) in [6.45, 7) is 0. The van der Waals surface area contributed by atoms with Crippen LogP contribution in [0.1, 0.15) is 22.0 Å². The molecule has 1 unspecified atom stereocenters. The molecule has 0 bridgehead atoms. The van der Waals surface area contributed by atoms with Gasteiger partial charge in [0, 0.05) is 29.4 Å². The first-order valence-corrected chi connectivity index (χ1v) is 8.56. The fourth-order valence-corrected chi connectivity index (χ4v) is 3.84. The largest absolute Gasteiger partial charge is 0.272 e. The molecule has 3 aromatic rings. The summed E-state index contributed by atoms with van der Waals surface area (Å²) in [6.07, 6.45) is 0.158. The van der Waals surface area contributed by atoms with E-state index in [0.29, 0.717) is 22.1 Å². The third-order valence-electron chi connectivity index (χ3n) is 3.98. The summed E-state index contributed by atoms with van der Waals surface area (Å²) in [4.78, 5) is 27.3. The van der Waals surface area contributed by atoms with Crippen LogP contribution in [-0.4, -0.2) is 25.6 Å². The van der Waals surface area contributed by atoms with Gasteiger partial charge in [0.15, 0.2) is 11.0 Å². The number of benzene rings is 2. The van der Waals surface area contributed by atoms with E-state index in [1.165, 1.54) is 40.7 Å². The van der Waals surface area contributed by atoms with E-state index in [-0.39, 0.29) is 29.1 Å². The zero-order valence-corrected chi connectivity index (χ0v) is 14.0. The number of nitro groups is 1. The van der Waals surface area contributed by atoms with Crippen molar-refractivity contribution in [2.45, 2.75) is 16.8 Å². The fraction of sp³-hybridized carbons (Fsp3) is 0.118. The topological polar surface area (TPSA) is 90.9 Å². The first-order chi connectivity index (χ1) is 12.5. The molecule has 2 aromatic carbocycles. The number of rotatable bonds is 3. The van der Waals surface area contributed by atoms with Crippen molar-refractivity contribution in [2.75, 3.05) is 0 Å². The molecule has 0 radical (unpaired) electrons. The van der Waals surface area contributed by atoms with E-state index in [2.05, 4.69) is 10.1 Å². The Kier molecular flexibility index (Phi) is 4.00. The monoisotopic (exact) mass is 370 g/mol. The van der Waals surface area contributed by atoms with Gasteiger partial charge >= 0.3 is 0 Å². The minimum Gasteiger partial charge on any atom is -0.272 e. The van der Waals surface area contributed by atoms with Crippen LogP contribution in [0.2, 0.25) is 0 Å². The molecule has 130 valence electrons. The Hall–Kier alpha value is -3.07. The molecule has 4 rings (SSSR count). The lowest BCUT2D eigenvalue weighted by Crippen LogP contribution is -2.21. The van der Waals surface area contributed by atoms with Crippen molar-refractivity contribution in [3.63, 3.8) is 0 Å². The maximum atomic E-state index is 13.1. The lowest BCUT2D eigenvalue weighted by molar-refractivity contribution is -0.384. The van der Waals surface area contributed by atoms with E-state index < -0.39 is 4.92 Å². The highest BCUT2D eigenvalue weighted by atomic mass is 32.2. The zero-order chi connectivity index (χ0) is 18.3. The highest BCUT2D eigenvalue weighted by molar-refractivity contribution is 7.99. The van der Waals surface area contributed by atoms with E-state index in [0.717, 1.165) is 0 Å². The number of aromatic nitrogens is 3. The molecule has 1 aliphatic heterocycles. The molecule has 1 aromatic heterocycles. The molecular weight excluding hydrogens is 359 g/mol. The summed E-state index contributed by atoms with van der Waals surface area (Å²) < 4.78 is 14.3. The predicted octanol–water partition coefficient (Wildman–Crippen LogP) is 3.87. The van der Waals surface area contributed by atoms with Crippen molar-refractivity contribution in [3.8, 4) is 11.4 Å². The molecule has 9 heteroatoms. The highest BCUT2D eigenvalue weighted by Gasteiger charge is 2.30. The van der Waals surface area contributed by atoms with E-state index >= 15 is 0 Å². The van der Waals surface area contributed by atoms with Crippen molar-refractivity contribution in [1.29, 1.82) is 0 Å². The van der Waals surface area contributed by atoms with Gasteiger partial charge in [-0.2, -0.15) is 4.68 Å². The molecule has 0 fully saturated rings. The third kappa shape index (κ3) is 2.97. The van der Waals surface area contributed by atoms with Crippen LogP contribution >= 0.6 is 11.8 Å². The smallest absolute Gasteiger partial charge is 0.269 e. The molecule has 2 heterocycles. The first-order valence-electron chi connectivity index (χ1n) is 7.68. The lowest BCUT2D eigenvalue weighted by atomic mass is 10.1. The SMILES string of the molecule is O=C1CC(c2cccc([N+](=O)[O-])c2)Sc2nc(-c3ccc(F)cc3)nn21. The van der Waals surface area contributed by atoms with Crippen molar-refractivity contribution in [2.24, 2.45) is 0 Å². The van der Waals surface area contributed by atoms with Gasteiger partial charge in [0.1, 0.15) is 5.82 Å². The summed E-state index contributed by atoms with van der Waals surface area (Å²) in [5, 5.41) is 15.3. The average Bonchev–Trinajstić information content (AvgIpc) is 3.07. The quantitative estimate of drug-likeness (QED) is 0.513. The number of carbonyl (C=O) groups is 1. The van der Waals surface area contributed by atoms with Crippen LogP contribution < -0.4 is 0 Å². The Balaban J connectivity index is 1.66. The second kappa shape index (κ2) is 6.34. The van der Waals surface area contributed by atoms with Gasteiger partial charge in [-0.15, -0.1) is 5.10 Å². The maximum absolute atomic E-state index is 13.1. The van der Waals surface area contributed by atoms with Gasteiger partial charge in [-0.1, -0.05) is 23.9 Å². The molecule has 0 amide bonds. The molecule has 1 atom stereocenters. The molecule has 0 N–H and O–H groups in total. The number of fused-ring (bicyclic) bond motifs is 1. The second-order valence-electron chi connectivity index (χ2n) is 5.69. The lowest BCUT2D eigenvalue weighted by Gasteiger charge is -2.20. The Morgan fingerprint density at radius 1 is 1.23 bits per heavy atom. The van der Waals surface area contributed by atoms with Crippen molar-refractivity contribution in [3.05, 3.63) is 70.0 Å². The molecule has 0 saturated heterocycles. The number of hydrogen-bond acceptors (Lipinski definition) is 6. The van der Waals surface area contributed by atoms with Gasteiger partial charge < -0.3 is 0 Å². The average molecular weight is 370 g/mol. The minimum absolute atomic E-state index is 0.0189. The Bertz CT molecular complexity index is 1020. The van der Waals surface area contributed by atoms with Crippen LogP contribution in [-0.2, 0) is 0 Å². The Labute approximate surface area is 151 Å². The normalized spacial score (nSPS) is 16.3. The van der Waals surface area contributed by atoms with Crippen molar-refractivity contribution >= 4 is 23.4 Å². The van der Waals surface area contributed by atoms with Gasteiger partial charge in [-0.05, 0) is 29.8 Å². The van der Waals surface area contributed by atoms with Crippen molar-refractivity contribution < 1.29 is 14.1 Å².